The fraction of sp³-hybridized carbons (Fsp3) is 0.300. The molecular formula is C10H11NO3. The molecule has 1 rings (SSSR count). The Labute approximate surface area is 82.8 Å². The largest absolute Gasteiger partial charge is 0.508 e. The predicted molar refractivity (Wildman–Crippen MR) is 52.4 cm³/mol. The van der Waals surface area contributed by atoms with E-state index in [0.29, 0.717) is 22.9 Å². The Hall–Kier alpha value is -1.89. The summed E-state index contributed by atoms with van der Waals surface area (Å²) in [6, 6.07) is 3.22. The summed E-state index contributed by atoms with van der Waals surface area (Å²) in [5.41, 5.74) is 0.408. The summed E-state index contributed by atoms with van der Waals surface area (Å²) in [5.74, 6) is 1.56. The molecule has 0 spiro atoms. The lowest BCUT2D eigenvalue weighted by atomic mass is 10.2. The van der Waals surface area contributed by atoms with Gasteiger partial charge in [-0.2, -0.15) is 0 Å². The van der Waals surface area contributed by atoms with E-state index in [-0.39, 0.29) is 0 Å². The van der Waals surface area contributed by atoms with E-state index in [1.807, 2.05) is 0 Å². The van der Waals surface area contributed by atoms with Crippen molar-refractivity contribution in [3.05, 3.63) is 23.5 Å². The Bertz CT molecular complexity index is 368. The lowest BCUT2D eigenvalue weighted by Gasteiger charge is -2.10. The molecule has 0 unspecified atom stereocenters. The molecule has 4 nitrogen and oxygen atoms in total. The number of hydrogen-bond donors (Lipinski definition) is 0. The minimum Gasteiger partial charge on any atom is -0.508 e. The molecule has 0 radical (unpaired) electrons. The zero-order chi connectivity index (χ0) is 10.6. The van der Waals surface area contributed by atoms with Gasteiger partial charge in [0.1, 0.15) is 5.75 Å². The van der Waals surface area contributed by atoms with Crippen molar-refractivity contribution in [3.8, 4) is 17.2 Å². The van der Waals surface area contributed by atoms with Crippen LogP contribution in [0.5, 0.6) is 17.2 Å². The van der Waals surface area contributed by atoms with Crippen LogP contribution in [0.2, 0.25) is 0 Å². The van der Waals surface area contributed by atoms with Gasteiger partial charge in [0.15, 0.2) is 11.5 Å². The van der Waals surface area contributed by atoms with Crippen LogP contribution in [0, 0.1) is 6.57 Å². The van der Waals surface area contributed by atoms with Crippen LogP contribution >= 0.6 is 0 Å². The Morgan fingerprint density at radius 3 is 1.86 bits per heavy atom. The minimum absolute atomic E-state index is 0.408. The van der Waals surface area contributed by atoms with Gasteiger partial charge in [-0.25, -0.2) is 4.85 Å². The van der Waals surface area contributed by atoms with Crippen molar-refractivity contribution >= 4 is 5.69 Å². The van der Waals surface area contributed by atoms with Gasteiger partial charge in [-0.3, -0.25) is 0 Å². The first-order chi connectivity index (χ1) is 6.76. The number of nitrogens with zero attached hydrogens (tertiary/aromatic N) is 1. The molecule has 0 aliphatic heterocycles. The van der Waals surface area contributed by atoms with Crippen molar-refractivity contribution in [1.82, 2.24) is 0 Å². The van der Waals surface area contributed by atoms with Crippen LogP contribution in [0.25, 0.3) is 4.85 Å². The second-order valence-electron chi connectivity index (χ2n) is 2.49. The fourth-order valence-corrected chi connectivity index (χ4v) is 1.10. The second kappa shape index (κ2) is 4.38. The van der Waals surface area contributed by atoms with E-state index in [2.05, 4.69) is 4.85 Å². The third-order valence-corrected chi connectivity index (χ3v) is 1.81. The van der Waals surface area contributed by atoms with E-state index in [1.54, 1.807) is 12.1 Å². The number of ether oxygens (including phenoxy) is 3. The molecule has 0 aliphatic rings. The molecular weight excluding hydrogens is 182 g/mol. The van der Waals surface area contributed by atoms with E-state index in [9.17, 15) is 0 Å². The Morgan fingerprint density at radius 1 is 0.929 bits per heavy atom. The molecule has 4 heteroatoms. The molecule has 0 aliphatic carbocycles. The fourth-order valence-electron chi connectivity index (χ4n) is 1.10. The number of benzene rings is 1. The van der Waals surface area contributed by atoms with Gasteiger partial charge in [-0.15, -0.1) is 0 Å². The summed E-state index contributed by atoms with van der Waals surface area (Å²) in [6.07, 6.45) is 0. The van der Waals surface area contributed by atoms with E-state index in [4.69, 9.17) is 20.8 Å². The summed E-state index contributed by atoms with van der Waals surface area (Å²) < 4.78 is 15.2. The highest BCUT2D eigenvalue weighted by atomic mass is 16.5. The summed E-state index contributed by atoms with van der Waals surface area (Å²) in [7, 11) is 4.57. The summed E-state index contributed by atoms with van der Waals surface area (Å²) in [4.78, 5) is 3.31. The van der Waals surface area contributed by atoms with Gasteiger partial charge >= 0.3 is 0 Å². The molecule has 0 atom stereocenters. The third kappa shape index (κ3) is 1.72. The lowest BCUT2D eigenvalue weighted by molar-refractivity contribution is 0.350. The average Bonchev–Trinajstić information content (AvgIpc) is 2.26. The van der Waals surface area contributed by atoms with Gasteiger partial charge in [0.2, 0.25) is 5.69 Å². The maximum Gasteiger partial charge on any atom is 0.232 e. The molecule has 0 saturated heterocycles. The second-order valence-corrected chi connectivity index (χ2v) is 2.49. The average molecular weight is 193 g/mol. The van der Waals surface area contributed by atoms with Crippen molar-refractivity contribution in [1.29, 1.82) is 0 Å². The SMILES string of the molecule is [C-]#[N+]c1cc(OC)c(OC)cc1OC. The molecule has 0 N–H and O–H groups in total. The summed E-state index contributed by atoms with van der Waals surface area (Å²) in [6.45, 7) is 6.94. The van der Waals surface area contributed by atoms with Crippen LogP contribution in [0.3, 0.4) is 0 Å². The maximum absolute atomic E-state index is 6.94. The number of rotatable bonds is 3. The lowest BCUT2D eigenvalue weighted by Crippen LogP contribution is -1.92. The predicted octanol–water partition coefficient (Wildman–Crippen LogP) is 2.26. The first kappa shape index (κ1) is 10.2. The molecule has 0 saturated carbocycles. The Kier molecular flexibility index (Phi) is 3.19. The normalized spacial score (nSPS) is 9.00. The molecule has 14 heavy (non-hydrogen) atoms. The highest BCUT2D eigenvalue weighted by Crippen LogP contribution is 2.39. The standard InChI is InChI=1S/C10H11NO3/c1-11-7-5-9(13-3)10(14-4)6-8(7)12-2/h5-6H,2-4H3. The van der Waals surface area contributed by atoms with E-state index >= 15 is 0 Å². The molecule has 1 aromatic carbocycles. The summed E-state index contributed by atoms with van der Waals surface area (Å²) in [5, 5.41) is 0. The zero-order valence-electron chi connectivity index (χ0n) is 8.33. The van der Waals surface area contributed by atoms with Gasteiger partial charge in [-0.1, -0.05) is 0 Å². The van der Waals surface area contributed by atoms with Crippen LogP contribution in [-0.4, -0.2) is 21.3 Å². The minimum atomic E-state index is 0.408. The number of hydrogen-bond acceptors (Lipinski definition) is 3. The van der Waals surface area contributed by atoms with Crippen LogP contribution in [0.15, 0.2) is 12.1 Å². The van der Waals surface area contributed by atoms with Crippen molar-refractivity contribution in [2.45, 2.75) is 0 Å². The monoisotopic (exact) mass is 193 g/mol. The van der Waals surface area contributed by atoms with Gasteiger partial charge in [-0.05, 0) is 6.07 Å². The van der Waals surface area contributed by atoms with Crippen LogP contribution in [-0.2, 0) is 0 Å². The molecule has 0 heterocycles. The van der Waals surface area contributed by atoms with Crippen molar-refractivity contribution in [3.63, 3.8) is 0 Å². The van der Waals surface area contributed by atoms with E-state index in [1.165, 1.54) is 21.3 Å². The van der Waals surface area contributed by atoms with Crippen LogP contribution in [0.4, 0.5) is 5.69 Å². The Balaban J connectivity index is 3.30. The molecule has 0 fully saturated rings. The van der Waals surface area contributed by atoms with E-state index in [0.717, 1.165) is 0 Å². The topological polar surface area (TPSA) is 32.0 Å². The maximum atomic E-state index is 6.94. The van der Waals surface area contributed by atoms with Gasteiger partial charge < -0.3 is 14.2 Å². The molecule has 1 aromatic rings. The quantitative estimate of drug-likeness (QED) is 0.690. The van der Waals surface area contributed by atoms with Crippen molar-refractivity contribution in [2.75, 3.05) is 21.3 Å². The zero-order valence-corrected chi connectivity index (χ0v) is 8.33. The van der Waals surface area contributed by atoms with Gasteiger partial charge in [0, 0.05) is 6.07 Å². The third-order valence-electron chi connectivity index (χ3n) is 1.81. The summed E-state index contributed by atoms with van der Waals surface area (Å²) >= 11 is 0. The molecule has 0 aromatic heterocycles. The van der Waals surface area contributed by atoms with E-state index < -0.39 is 0 Å². The van der Waals surface area contributed by atoms with Crippen LogP contribution in [0.1, 0.15) is 0 Å². The number of methoxy groups -OCH3 is 3. The van der Waals surface area contributed by atoms with Gasteiger partial charge in [0.05, 0.1) is 27.9 Å². The molecule has 74 valence electrons. The van der Waals surface area contributed by atoms with Gasteiger partial charge in [0.25, 0.3) is 0 Å². The smallest absolute Gasteiger partial charge is 0.232 e. The highest BCUT2D eigenvalue weighted by molar-refractivity contribution is 5.65. The van der Waals surface area contributed by atoms with Crippen molar-refractivity contribution in [2.24, 2.45) is 0 Å². The molecule has 0 amide bonds. The Morgan fingerprint density at radius 2 is 1.43 bits per heavy atom. The van der Waals surface area contributed by atoms with Crippen molar-refractivity contribution < 1.29 is 14.2 Å². The first-order valence-corrected chi connectivity index (χ1v) is 3.94. The van der Waals surface area contributed by atoms with Crippen LogP contribution < -0.4 is 14.2 Å². The molecule has 0 bridgehead atoms. The first-order valence-electron chi connectivity index (χ1n) is 3.94. The highest BCUT2D eigenvalue weighted by Gasteiger charge is 2.10.